The Kier molecular flexibility index (Phi) is 3.87. The molecule has 0 aliphatic rings. The van der Waals surface area contributed by atoms with Crippen molar-refractivity contribution < 1.29 is 4.79 Å². The minimum absolute atomic E-state index is 0.143. The predicted octanol–water partition coefficient (Wildman–Crippen LogP) is 3.40. The lowest BCUT2D eigenvalue weighted by Crippen LogP contribution is -2.11. The molecule has 0 atom stereocenters. The Hall–Kier alpha value is -2.69. The van der Waals surface area contributed by atoms with Crippen molar-refractivity contribution in [1.29, 1.82) is 0 Å². The zero-order valence-corrected chi connectivity index (χ0v) is 12.7. The molecule has 112 valence electrons. The van der Waals surface area contributed by atoms with Crippen molar-refractivity contribution in [2.75, 3.05) is 5.32 Å². The topological polar surface area (TPSA) is 59.8 Å². The van der Waals surface area contributed by atoms with Gasteiger partial charge in [-0.15, -0.1) is 5.10 Å². The molecule has 5 heteroatoms. The van der Waals surface area contributed by atoms with Crippen molar-refractivity contribution in [2.45, 2.75) is 26.8 Å². The standard InChI is InChI=1S/C17H18N4O/c1-3-10-21-16-9-6-13(11-15(16)19-20-21)17(22)18-14-7-4-12(2)5-8-14/h4-9,11H,3,10H2,1-2H3,(H,18,22). The van der Waals surface area contributed by atoms with E-state index < -0.39 is 0 Å². The van der Waals surface area contributed by atoms with Crippen LogP contribution >= 0.6 is 0 Å². The molecule has 1 amide bonds. The van der Waals surface area contributed by atoms with Crippen molar-refractivity contribution in [2.24, 2.45) is 0 Å². The van der Waals surface area contributed by atoms with Crippen molar-refractivity contribution in [3.63, 3.8) is 0 Å². The summed E-state index contributed by atoms with van der Waals surface area (Å²) in [7, 11) is 0. The van der Waals surface area contributed by atoms with Gasteiger partial charge >= 0.3 is 0 Å². The Morgan fingerprint density at radius 3 is 2.68 bits per heavy atom. The molecule has 3 rings (SSSR count). The van der Waals surface area contributed by atoms with Crippen LogP contribution < -0.4 is 5.32 Å². The molecule has 1 N–H and O–H groups in total. The number of carbonyl (C=O) groups is 1. The summed E-state index contributed by atoms with van der Waals surface area (Å²) in [5.74, 6) is -0.143. The Morgan fingerprint density at radius 2 is 1.95 bits per heavy atom. The van der Waals surface area contributed by atoms with Crippen LogP contribution in [0, 0.1) is 6.92 Å². The minimum atomic E-state index is -0.143. The quantitative estimate of drug-likeness (QED) is 0.802. The Balaban J connectivity index is 1.83. The highest BCUT2D eigenvalue weighted by Gasteiger charge is 2.10. The number of aromatic nitrogens is 3. The smallest absolute Gasteiger partial charge is 0.255 e. The van der Waals surface area contributed by atoms with Crippen molar-refractivity contribution >= 4 is 22.6 Å². The first-order valence-electron chi connectivity index (χ1n) is 7.38. The van der Waals surface area contributed by atoms with Gasteiger partial charge in [0.05, 0.1) is 5.52 Å². The van der Waals surface area contributed by atoms with E-state index in [0.717, 1.165) is 35.2 Å². The highest BCUT2D eigenvalue weighted by molar-refractivity contribution is 6.05. The SMILES string of the molecule is CCCn1nnc2cc(C(=O)Nc3ccc(C)cc3)ccc21. The summed E-state index contributed by atoms with van der Waals surface area (Å²) >= 11 is 0. The average Bonchev–Trinajstić information content (AvgIpc) is 2.92. The van der Waals surface area contributed by atoms with Crippen LogP contribution in [0.2, 0.25) is 0 Å². The maximum atomic E-state index is 12.3. The van der Waals surface area contributed by atoms with Crippen LogP contribution in [-0.2, 0) is 6.54 Å². The first-order chi connectivity index (χ1) is 10.7. The predicted molar refractivity (Wildman–Crippen MR) is 87.0 cm³/mol. The van der Waals surface area contributed by atoms with E-state index >= 15 is 0 Å². The van der Waals surface area contributed by atoms with E-state index in [4.69, 9.17) is 0 Å². The molecular formula is C17H18N4O. The zero-order valence-electron chi connectivity index (χ0n) is 12.7. The number of benzene rings is 2. The molecule has 22 heavy (non-hydrogen) atoms. The first-order valence-corrected chi connectivity index (χ1v) is 7.38. The number of nitrogens with one attached hydrogen (secondary N) is 1. The van der Waals surface area contributed by atoms with Gasteiger partial charge in [-0.25, -0.2) is 4.68 Å². The fourth-order valence-electron chi connectivity index (χ4n) is 2.33. The molecule has 5 nitrogen and oxygen atoms in total. The van der Waals surface area contributed by atoms with Crippen molar-refractivity contribution in [3.8, 4) is 0 Å². The van der Waals surface area contributed by atoms with E-state index in [9.17, 15) is 4.79 Å². The summed E-state index contributed by atoms with van der Waals surface area (Å²) in [6.07, 6.45) is 0.994. The molecule has 2 aromatic carbocycles. The van der Waals surface area contributed by atoms with Crippen LogP contribution in [0.1, 0.15) is 29.3 Å². The molecule has 0 radical (unpaired) electrons. The molecule has 1 aromatic heterocycles. The number of rotatable bonds is 4. The van der Waals surface area contributed by atoms with Gasteiger partial charge in [0.25, 0.3) is 5.91 Å². The molecule has 0 aliphatic heterocycles. The van der Waals surface area contributed by atoms with Crippen LogP contribution in [0.4, 0.5) is 5.69 Å². The van der Waals surface area contributed by atoms with E-state index in [1.165, 1.54) is 0 Å². The normalized spacial score (nSPS) is 10.8. The van der Waals surface area contributed by atoms with Gasteiger partial charge in [0.15, 0.2) is 0 Å². The number of fused-ring (bicyclic) bond motifs is 1. The van der Waals surface area contributed by atoms with Gasteiger partial charge in [-0.2, -0.15) is 0 Å². The fourth-order valence-corrected chi connectivity index (χ4v) is 2.33. The van der Waals surface area contributed by atoms with Gasteiger partial charge in [0.2, 0.25) is 0 Å². The zero-order chi connectivity index (χ0) is 15.5. The van der Waals surface area contributed by atoms with E-state index in [-0.39, 0.29) is 5.91 Å². The largest absolute Gasteiger partial charge is 0.322 e. The maximum Gasteiger partial charge on any atom is 0.255 e. The summed E-state index contributed by atoms with van der Waals surface area (Å²) < 4.78 is 1.86. The molecule has 0 fully saturated rings. The summed E-state index contributed by atoms with van der Waals surface area (Å²) in [6, 6.07) is 13.2. The highest BCUT2D eigenvalue weighted by atomic mass is 16.1. The lowest BCUT2D eigenvalue weighted by molar-refractivity contribution is 0.102. The number of amides is 1. The monoisotopic (exact) mass is 294 g/mol. The fraction of sp³-hybridized carbons (Fsp3) is 0.235. The van der Waals surface area contributed by atoms with Gasteiger partial charge in [-0.1, -0.05) is 29.8 Å². The lowest BCUT2D eigenvalue weighted by Gasteiger charge is -2.06. The summed E-state index contributed by atoms with van der Waals surface area (Å²) in [6.45, 7) is 4.93. The molecular weight excluding hydrogens is 276 g/mol. The molecule has 0 spiro atoms. The number of hydrogen-bond acceptors (Lipinski definition) is 3. The third-order valence-corrected chi connectivity index (χ3v) is 3.52. The number of nitrogens with zero attached hydrogens (tertiary/aromatic N) is 3. The maximum absolute atomic E-state index is 12.3. The highest BCUT2D eigenvalue weighted by Crippen LogP contribution is 2.16. The van der Waals surface area contributed by atoms with Crippen LogP contribution in [0.3, 0.4) is 0 Å². The van der Waals surface area contributed by atoms with E-state index in [1.807, 2.05) is 41.9 Å². The van der Waals surface area contributed by atoms with Gasteiger partial charge in [-0.3, -0.25) is 4.79 Å². The number of hydrogen-bond donors (Lipinski definition) is 1. The molecule has 0 aliphatic carbocycles. The Bertz CT molecular complexity index is 805. The molecule has 0 saturated heterocycles. The minimum Gasteiger partial charge on any atom is -0.322 e. The molecule has 3 aromatic rings. The summed E-state index contributed by atoms with van der Waals surface area (Å²) in [5, 5.41) is 11.1. The summed E-state index contributed by atoms with van der Waals surface area (Å²) in [4.78, 5) is 12.3. The van der Waals surface area contributed by atoms with Gasteiger partial charge in [-0.05, 0) is 43.7 Å². The van der Waals surface area contributed by atoms with Crippen molar-refractivity contribution in [1.82, 2.24) is 15.0 Å². The van der Waals surface area contributed by atoms with E-state index in [2.05, 4.69) is 22.6 Å². The second-order valence-corrected chi connectivity index (χ2v) is 5.34. The molecule has 0 bridgehead atoms. The van der Waals surface area contributed by atoms with Gasteiger partial charge in [0.1, 0.15) is 5.52 Å². The number of carbonyl (C=O) groups excluding carboxylic acids is 1. The number of aryl methyl sites for hydroxylation is 2. The van der Waals surface area contributed by atoms with Crippen molar-refractivity contribution in [3.05, 3.63) is 53.6 Å². The van der Waals surface area contributed by atoms with Gasteiger partial charge < -0.3 is 5.32 Å². The number of anilines is 1. The molecule has 1 heterocycles. The van der Waals surface area contributed by atoms with Crippen LogP contribution in [-0.4, -0.2) is 20.9 Å². The second kappa shape index (κ2) is 5.97. The Labute approximate surface area is 129 Å². The molecule has 0 saturated carbocycles. The van der Waals surface area contributed by atoms with E-state index in [1.54, 1.807) is 12.1 Å². The van der Waals surface area contributed by atoms with E-state index in [0.29, 0.717) is 5.56 Å². The van der Waals surface area contributed by atoms with Gasteiger partial charge in [0, 0.05) is 17.8 Å². The summed E-state index contributed by atoms with van der Waals surface area (Å²) in [5.41, 5.74) is 4.22. The lowest BCUT2D eigenvalue weighted by atomic mass is 10.1. The third kappa shape index (κ3) is 2.83. The first kappa shape index (κ1) is 14.3. The van der Waals surface area contributed by atoms with Crippen LogP contribution in [0.15, 0.2) is 42.5 Å². The van der Waals surface area contributed by atoms with Crippen LogP contribution in [0.5, 0.6) is 0 Å². The van der Waals surface area contributed by atoms with Crippen LogP contribution in [0.25, 0.3) is 11.0 Å². The Morgan fingerprint density at radius 1 is 1.18 bits per heavy atom. The average molecular weight is 294 g/mol. The third-order valence-electron chi connectivity index (χ3n) is 3.52. The second-order valence-electron chi connectivity index (χ2n) is 5.34. The molecule has 0 unspecified atom stereocenters.